The molecule has 0 bridgehead atoms. The maximum Gasteiger partial charge on any atom is 0.323 e. The summed E-state index contributed by atoms with van der Waals surface area (Å²) in [5.41, 5.74) is 3.27. The van der Waals surface area contributed by atoms with Gasteiger partial charge in [-0.2, -0.15) is 0 Å². The van der Waals surface area contributed by atoms with Gasteiger partial charge in [0.15, 0.2) is 0 Å². The van der Waals surface area contributed by atoms with Crippen LogP contribution in [0, 0.1) is 0 Å². The van der Waals surface area contributed by atoms with Gasteiger partial charge in [-0.25, -0.2) is 0 Å². The number of carboxylic acid groups (broad SMARTS) is 1. The van der Waals surface area contributed by atoms with E-state index in [4.69, 9.17) is 0 Å². The second-order valence-corrected chi connectivity index (χ2v) is 6.18. The molecule has 2 aromatic rings. The Kier molecular flexibility index (Phi) is 4.37. The van der Waals surface area contributed by atoms with E-state index in [1.54, 1.807) is 0 Å². The number of nitrogens with zero attached hydrogens (tertiary/aromatic N) is 1. The molecule has 1 aromatic heterocycles. The van der Waals surface area contributed by atoms with Gasteiger partial charge in [0, 0.05) is 29.1 Å². The maximum atomic E-state index is 11.8. The quantitative estimate of drug-likeness (QED) is 0.890. The van der Waals surface area contributed by atoms with Crippen LogP contribution in [0.1, 0.15) is 37.4 Å². The molecule has 3 rings (SSSR count). The molecule has 23 heavy (non-hydrogen) atoms. The Balaban J connectivity index is 1.93. The highest BCUT2D eigenvalue weighted by Crippen LogP contribution is 2.32. The van der Waals surface area contributed by atoms with E-state index in [0.29, 0.717) is 6.42 Å². The first-order valence-electron chi connectivity index (χ1n) is 8.20. The Morgan fingerprint density at radius 1 is 1.35 bits per heavy atom. The zero-order chi connectivity index (χ0) is 16.4. The van der Waals surface area contributed by atoms with Gasteiger partial charge in [0.1, 0.15) is 6.54 Å². The summed E-state index contributed by atoms with van der Waals surface area (Å²) < 4.78 is 1.91. The molecule has 0 fully saturated rings. The number of aromatic nitrogens is 1. The number of hydrogen-bond donors (Lipinski definition) is 2. The van der Waals surface area contributed by atoms with Crippen molar-refractivity contribution in [3.63, 3.8) is 0 Å². The minimum absolute atomic E-state index is 0.0112. The van der Waals surface area contributed by atoms with Gasteiger partial charge in [0.25, 0.3) is 0 Å². The molecule has 1 aliphatic rings. The summed E-state index contributed by atoms with van der Waals surface area (Å²) in [6.45, 7) is 1.99. The molecule has 1 heterocycles. The van der Waals surface area contributed by atoms with Crippen LogP contribution in [-0.4, -0.2) is 27.6 Å². The predicted octanol–water partition coefficient (Wildman–Crippen LogP) is 2.50. The number of para-hydroxylation sites is 1. The Morgan fingerprint density at radius 3 is 2.87 bits per heavy atom. The second-order valence-electron chi connectivity index (χ2n) is 6.18. The molecule has 1 aromatic carbocycles. The van der Waals surface area contributed by atoms with Crippen molar-refractivity contribution in [1.82, 2.24) is 9.88 Å². The van der Waals surface area contributed by atoms with Crippen LogP contribution in [0.2, 0.25) is 0 Å². The molecule has 0 saturated heterocycles. The zero-order valence-corrected chi connectivity index (χ0v) is 13.3. The van der Waals surface area contributed by atoms with Crippen LogP contribution in [0.5, 0.6) is 0 Å². The highest BCUT2D eigenvalue weighted by molar-refractivity contribution is 5.87. The standard InChI is InChI=1S/C18H22N2O3/c1-2-5-17(21)19-12-8-9-16-14(10-12)13-6-3-4-7-15(13)20(16)11-18(22)23/h3-4,6-7,12H,2,5,8-11H2,1H3,(H,19,21)(H,22,23)/t12-/m0/s1. The average molecular weight is 314 g/mol. The fourth-order valence-corrected chi connectivity index (χ4v) is 3.57. The molecular weight excluding hydrogens is 292 g/mol. The molecule has 0 unspecified atom stereocenters. The van der Waals surface area contributed by atoms with E-state index in [9.17, 15) is 14.7 Å². The third-order valence-corrected chi connectivity index (χ3v) is 4.51. The highest BCUT2D eigenvalue weighted by Gasteiger charge is 2.26. The van der Waals surface area contributed by atoms with Crippen LogP contribution in [0.3, 0.4) is 0 Å². The number of rotatable bonds is 5. The molecular formula is C18H22N2O3. The van der Waals surface area contributed by atoms with Crippen molar-refractivity contribution in [3.05, 3.63) is 35.5 Å². The molecule has 1 atom stereocenters. The summed E-state index contributed by atoms with van der Waals surface area (Å²) in [5.74, 6) is -0.720. The van der Waals surface area contributed by atoms with Crippen LogP contribution < -0.4 is 5.32 Å². The number of fused-ring (bicyclic) bond motifs is 3. The molecule has 5 nitrogen and oxygen atoms in total. The number of carboxylic acids is 1. The van der Waals surface area contributed by atoms with E-state index < -0.39 is 5.97 Å². The monoisotopic (exact) mass is 314 g/mol. The van der Waals surface area contributed by atoms with Crippen molar-refractivity contribution in [2.75, 3.05) is 0 Å². The Morgan fingerprint density at radius 2 is 2.13 bits per heavy atom. The Hall–Kier alpha value is -2.30. The molecule has 0 aliphatic heterocycles. The molecule has 5 heteroatoms. The SMILES string of the molecule is CCCC(=O)N[C@H]1CCc2c(c3ccccc3n2CC(=O)O)C1. The molecule has 0 radical (unpaired) electrons. The zero-order valence-electron chi connectivity index (χ0n) is 13.3. The summed E-state index contributed by atoms with van der Waals surface area (Å²) in [6.07, 6.45) is 3.84. The van der Waals surface area contributed by atoms with Gasteiger partial charge in [0.2, 0.25) is 5.91 Å². The van der Waals surface area contributed by atoms with Gasteiger partial charge in [-0.15, -0.1) is 0 Å². The topological polar surface area (TPSA) is 71.3 Å². The number of nitrogens with one attached hydrogen (secondary N) is 1. The number of carbonyl (C=O) groups excluding carboxylic acids is 1. The van der Waals surface area contributed by atoms with E-state index in [-0.39, 0.29) is 18.5 Å². The Labute approximate surface area is 135 Å². The van der Waals surface area contributed by atoms with E-state index in [0.717, 1.165) is 42.3 Å². The van der Waals surface area contributed by atoms with Crippen LogP contribution in [0.25, 0.3) is 10.9 Å². The van der Waals surface area contributed by atoms with Crippen molar-refractivity contribution >= 4 is 22.8 Å². The fourth-order valence-electron chi connectivity index (χ4n) is 3.57. The van der Waals surface area contributed by atoms with Gasteiger partial charge in [-0.1, -0.05) is 25.1 Å². The molecule has 2 N–H and O–H groups in total. The van der Waals surface area contributed by atoms with Crippen molar-refractivity contribution < 1.29 is 14.7 Å². The minimum atomic E-state index is -0.827. The first kappa shape index (κ1) is 15.6. The van der Waals surface area contributed by atoms with E-state index >= 15 is 0 Å². The summed E-state index contributed by atoms with van der Waals surface area (Å²) in [5, 5.41) is 13.4. The lowest BCUT2D eigenvalue weighted by Crippen LogP contribution is -2.38. The van der Waals surface area contributed by atoms with Crippen LogP contribution in [-0.2, 0) is 29.0 Å². The van der Waals surface area contributed by atoms with Crippen molar-refractivity contribution in [2.45, 2.75) is 51.6 Å². The molecule has 0 spiro atoms. The molecule has 0 saturated carbocycles. The highest BCUT2D eigenvalue weighted by atomic mass is 16.4. The summed E-state index contributed by atoms with van der Waals surface area (Å²) in [4.78, 5) is 23.0. The second kappa shape index (κ2) is 6.44. The maximum absolute atomic E-state index is 11.8. The van der Waals surface area contributed by atoms with Crippen LogP contribution >= 0.6 is 0 Å². The smallest absolute Gasteiger partial charge is 0.323 e. The van der Waals surface area contributed by atoms with Crippen molar-refractivity contribution in [1.29, 1.82) is 0 Å². The van der Waals surface area contributed by atoms with Crippen molar-refractivity contribution in [3.8, 4) is 0 Å². The van der Waals surface area contributed by atoms with Gasteiger partial charge in [-0.3, -0.25) is 9.59 Å². The third kappa shape index (κ3) is 3.09. The fraction of sp³-hybridized carbons (Fsp3) is 0.444. The number of benzene rings is 1. The minimum Gasteiger partial charge on any atom is -0.480 e. The molecule has 1 amide bonds. The average Bonchev–Trinajstić information content (AvgIpc) is 2.81. The lowest BCUT2D eigenvalue weighted by molar-refractivity contribution is -0.137. The van der Waals surface area contributed by atoms with E-state index in [1.807, 2.05) is 35.8 Å². The number of aliphatic carboxylic acids is 1. The number of hydrogen-bond acceptors (Lipinski definition) is 2. The van der Waals surface area contributed by atoms with Crippen LogP contribution in [0.4, 0.5) is 0 Å². The third-order valence-electron chi connectivity index (χ3n) is 4.51. The number of carbonyl (C=O) groups is 2. The normalized spacial score (nSPS) is 17.0. The predicted molar refractivity (Wildman–Crippen MR) is 88.4 cm³/mol. The number of amides is 1. The van der Waals surface area contributed by atoms with Gasteiger partial charge in [0.05, 0.1) is 0 Å². The van der Waals surface area contributed by atoms with Crippen LogP contribution in [0.15, 0.2) is 24.3 Å². The summed E-state index contributed by atoms with van der Waals surface area (Å²) in [6, 6.07) is 8.08. The van der Waals surface area contributed by atoms with Gasteiger partial charge in [-0.05, 0) is 37.3 Å². The van der Waals surface area contributed by atoms with E-state index in [1.165, 1.54) is 5.56 Å². The van der Waals surface area contributed by atoms with E-state index in [2.05, 4.69) is 5.32 Å². The Bertz CT molecular complexity index is 748. The van der Waals surface area contributed by atoms with Gasteiger partial charge < -0.3 is 15.0 Å². The summed E-state index contributed by atoms with van der Waals surface area (Å²) in [7, 11) is 0. The summed E-state index contributed by atoms with van der Waals surface area (Å²) >= 11 is 0. The largest absolute Gasteiger partial charge is 0.480 e. The van der Waals surface area contributed by atoms with Gasteiger partial charge >= 0.3 is 5.97 Å². The lowest BCUT2D eigenvalue weighted by atomic mass is 9.91. The van der Waals surface area contributed by atoms with Crippen molar-refractivity contribution in [2.24, 2.45) is 0 Å². The first-order valence-corrected chi connectivity index (χ1v) is 8.20. The molecule has 1 aliphatic carbocycles. The first-order chi connectivity index (χ1) is 11.1. The lowest BCUT2D eigenvalue weighted by Gasteiger charge is -2.25. The molecule has 122 valence electrons.